The summed E-state index contributed by atoms with van der Waals surface area (Å²) in [5.74, 6) is -1.07. The van der Waals surface area contributed by atoms with Gasteiger partial charge >= 0.3 is 5.97 Å². The Bertz CT molecular complexity index is 873. The molecule has 28 heavy (non-hydrogen) atoms. The second-order valence-corrected chi connectivity index (χ2v) is 6.21. The molecule has 0 unspecified atom stereocenters. The van der Waals surface area contributed by atoms with Crippen molar-refractivity contribution < 1.29 is 23.9 Å². The van der Waals surface area contributed by atoms with Crippen molar-refractivity contribution in [3.05, 3.63) is 52.3 Å². The first-order chi connectivity index (χ1) is 13.4. The zero-order valence-electron chi connectivity index (χ0n) is 16.5. The number of benzene rings is 1. The van der Waals surface area contributed by atoms with E-state index in [9.17, 15) is 14.4 Å². The molecule has 0 aliphatic carbocycles. The summed E-state index contributed by atoms with van der Waals surface area (Å²) in [4.78, 5) is 39.7. The highest BCUT2D eigenvalue weighted by Crippen LogP contribution is 2.22. The van der Waals surface area contributed by atoms with Crippen LogP contribution in [0.3, 0.4) is 0 Å². The fourth-order valence-corrected chi connectivity index (χ4v) is 2.82. The van der Waals surface area contributed by atoms with Crippen LogP contribution in [0.15, 0.2) is 24.3 Å². The van der Waals surface area contributed by atoms with Gasteiger partial charge in [-0.1, -0.05) is 18.2 Å². The van der Waals surface area contributed by atoms with E-state index < -0.39 is 11.9 Å². The lowest BCUT2D eigenvalue weighted by Crippen LogP contribution is -2.21. The molecular formula is C20H25N3O5. The zero-order chi connectivity index (χ0) is 20.7. The SMILES string of the molecule is CNC(=O)Cc1ccccc1NC(=O)c1[nH]c(C)c(C(=O)OCCOC)c1C. The van der Waals surface area contributed by atoms with Crippen molar-refractivity contribution in [1.29, 1.82) is 0 Å². The molecule has 0 aliphatic rings. The highest BCUT2D eigenvalue weighted by atomic mass is 16.6. The van der Waals surface area contributed by atoms with Crippen LogP contribution in [-0.2, 0) is 20.7 Å². The number of hydrogen-bond donors (Lipinski definition) is 3. The van der Waals surface area contributed by atoms with Crippen LogP contribution in [0.5, 0.6) is 0 Å². The molecule has 0 spiro atoms. The van der Waals surface area contributed by atoms with E-state index in [2.05, 4.69) is 15.6 Å². The largest absolute Gasteiger partial charge is 0.460 e. The predicted molar refractivity (Wildman–Crippen MR) is 105 cm³/mol. The van der Waals surface area contributed by atoms with E-state index in [0.29, 0.717) is 34.7 Å². The molecule has 3 N–H and O–H groups in total. The third-order valence-corrected chi connectivity index (χ3v) is 4.28. The summed E-state index contributed by atoms with van der Waals surface area (Å²) in [7, 11) is 3.08. The maximum atomic E-state index is 12.8. The number of amides is 2. The van der Waals surface area contributed by atoms with Crippen LogP contribution < -0.4 is 10.6 Å². The number of aryl methyl sites for hydroxylation is 1. The van der Waals surface area contributed by atoms with Gasteiger partial charge in [-0.05, 0) is 31.0 Å². The fourth-order valence-electron chi connectivity index (χ4n) is 2.82. The number of para-hydroxylation sites is 1. The van der Waals surface area contributed by atoms with Gasteiger partial charge in [0.1, 0.15) is 12.3 Å². The number of aromatic amines is 1. The van der Waals surface area contributed by atoms with Crippen molar-refractivity contribution in [3.63, 3.8) is 0 Å². The number of carbonyl (C=O) groups excluding carboxylic acids is 3. The number of carbonyl (C=O) groups is 3. The number of rotatable bonds is 8. The number of anilines is 1. The van der Waals surface area contributed by atoms with Crippen LogP contribution in [0, 0.1) is 13.8 Å². The van der Waals surface area contributed by atoms with Gasteiger partial charge in [0.05, 0.1) is 18.6 Å². The number of nitrogens with one attached hydrogen (secondary N) is 3. The summed E-state index contributed by atoms with van der Waals surface area (Å²) >= 11 is 0. The van der Waals surface area contributed by atoms with Crippen LogP contribution >= 0.6 is 0 Å². The first-order valence-corrected chi connectivity index (χ1v) is 8.84. The van der Waals surface area contributed by atoms with Gasteiger partial charge in [-0.15, -0.1) is 0 Å². The molecule has 2 aromatic rings. The Morgan fingerprint density at radius 1 is 1.11 bits per heavy atom. The van der Waals surface area contributed by atoms with Crippen LogP contribution in [0.2, 0.25) is 0 Å². The van der Waals surface area contributed by atoms with Crippen molar-refractivity contribution in [2.45, 2.75) is 20.3 Å². The average Bonchev–Trinajstić information content (AvgIpc) is 2.97. The van der Waals surface area contributed by atoms with Gasteiger partial charge in [-0.2, -0.15) is 0 Å². The average molecular weight is 387 g/mol. The second kappa shape index (κ2) is 9.70. The smallest absolute Gasteiger partial charge is 0.340 e. The minimum absolute atomic E-state index is 0.133. The third-order valence-electron chi connectivity index (χ3n) is 4.28. The van der Waals surface area contributed by atoms with E-state index in [1.165, 1.54) is 7.11 Å². The Labute approximate surface area is 163 Å². The summed E-state index contributed by atoms with van der Waals surface area (Å²) in [6.07, 6.45) is 0.146. The standard InChI is InChI=1S/C20H25N3O5/c1-12-17(20(26)28-10-9-27-4)13(2)22-18(12)19(25)23-15-8-6-5-7-14(15)11-16(24)21-3/h5-8,22H,9-11H2,1-4H3,(H,21,24)(H,23,25). The maximum absolute atomic E-state index is 12.8. The third kappa shape index (κ3) is 4.98. The number of aromatic nitrogens is 1. The van der Waals surface area contributed by atoms with Crippen LogP contribution in [0.4, 0.5) is 5.69 Å². The Hall–Kier alpha value is -3.13. The van der Waals surface area contributed by atoms with Gasteiger partial charge in [0.25, 0.3) is 5.91 Å². The van der Waals surface area contributed by atoms with Gasteiger partial charge in [0, 0.05) is 25.5 Å². The van der Waals surface area contributed by atoms with Gasteiger partial charge in [-0.3, -0.25) is 9.59 Å². The quantitative estimate of drug-likeness (QED) is 0.474. The molecule has 0 saturated carbocycles. The summed E-state index contributed by atoms with van der Waals surface area (Å²) in [6, 6.07) is 7.07. The van der Waals surface area contributed by atoms with Crippen molar-refractivity contribution in [2.24, 2.45) is 0 Å². The number of esters is 1. The van der Waals surface area contributed by atoms with Crippen molar-refractivity contribution in [3.8, 4) is 0 Å². The molecule has 0 atom stereocenters. The zero-order valence-corrected chi connectivity index (χ0v) is 16.5. The van der Waals surface area contributed by atoms with E-state index >= 15 is 0 Å². The molecule has 2 amide bonds. The molecule has 1 aromatic carbocycles. The number of methoxy groups -OCH3 is 1. The predicted octanol–water partition coefficient (Wildman–Crippen LogP) is 1.98. The topological polar surface area (TPSA) is 110 Å². The first-order valence-electron chi connectivity index (χ1n) is 8.84. The number of likely N-dealkylation sites (N-methyl/N-ethyl adjacent to an activating group) is 1. The number of hydrogen-bond acceptors (Lipinski definition) is 5. The molecule has 2 rings (SSSR count). The van der Waals surface area contributed by atoms with Crippen LogP contribution in [-0.4, -0.2) is 50.1 Å². The molecule has 0 saturated heterocycles. The highest BCUT2D eigenvalue weighted by Gasteiger charge is 2.23. The maximum Gasteiger partial charge on any atom is 0.340 e. The minimum Gasteiger partial charge on any atom is -0.460 e. The fraction of sp³-hybridized carbons (Fsp3) is 0.350. The van der Waals surface area contributed by atoms with E-state index in [-0.39, 0.29) is 24.6 Å². The summed E-state index contributed by atoms with van der Waals surface area (Å²) in [5, 5.41) is 5.37. The summed E-state index contributed by atoms with van der Waals surface area (Å²) < 4.78 is 10.0. The van der Waals surface area contributed by atoms with Crippen molar-refractivity contribution >= 4 is 23.5 Å². The second-order valence-electron chi connectivity index (χ2n) is 6.21. The summed E-state index contributed by atoms with van der Waals surface area (Å²) in [6.45, 7) is 3.81. The molecule has 0 aliphatic heterocycles. The Kier molecular flexibility index (Phi) is 7.34. The Morgan fingerprint density at radius 2 is 1.82 bits per heavy atom. The highest BCUT2D eigenvalue weighted by molar-refractivity contribution is 6.07. The molecule has 8 nitrogen and oxygen atoms in total. The van der Waals surface area contributed by atoms with E-state index in [0.717, 1.165) is 0 Å². The monoisotopic (exact) mass is 387 g/mol. The van der Waals surface area contributed by atoms with Gasteiger partial charge in [-0.25, -0.2) is 4.79 Å². The van der Waals surface area contributed by atoms with Gasteiger partial charge in [0.2, 0.25) is 5.91 Å². The lowest BCUT2D eigenvalue weighted by molar-refractivity contribution is -0.119. The Morgan fingerprint density at radius 3 is 2.50 bits per heavy atom. The molecule has 0 radical (unpaired) electrons. The summed E-state index contributed by atoms with van der Waals surface area (Å²) in [5.41, 5.74) is 2.87. The normalized spacial score (nSPS) is 10.4. The number of ether oxygens (including phenoxy) is 2. The molecule has 0 fully saturated rings. The number of H-pyrrole nitrogens is 1. The van der Waals surface area contributed by atoms with E-state index in [1.807, 2.05) is 0 Å². The van der Waals surface area contributed by atoms with Crippen molar-refractivity contribution in [2.75, 3.05) is 32.7 Å². The molecule has 1 heterocycles. The lowest BCUT2D eigenvalue weighted by atomic mass is 10.1. The first kappa shape index (κ1) is 21.2. The van der Waals surface area contributed by atoms with Crippen molar-refractivity contribution in [1.82, 2.24) is 10.3 Å². The molecule has 8 heteroatoms. The van der Waals surface area contributed by atoms with E-state index in [1.54, 1.807) is 45.2 Å². The van der Waals surface area contributed by atoms with Crippen LogP contribution in [0.25, 0.3) is 0 Å². The molecule has 1 aromatic heterocycles. The van der Waals surface area contributed by atoms with Crippen LogP contribution in [0.1, 0.15) is 37.7 Å². The van der Waals surface area contributed by atoms with Gasteiger partial charge < -0.3 is 25.1 Å². The molecule has 150 valence electrons. The molecular weight excluding hydrogens is 362 g/mol. The van der Waals surface area contributed by atoms with Gasteiger partial charge in [0.15, 0.2) is 0 Å². The lowest BCUT2D eigenvalue weighted by Gasteiger charge is -2.10. The van der Waals surface area contributed by atoms with E-state index in [4.69, 9.17) is 9.47 Å². The molecule has 0 bridgehead atoms. The Balaban J connectivity index is 2.21. The minimum atomic E-state index is -0.512.